The van der Waals surface area contributed by atoms with Crippen molar-refractivity contribution in [2.75, 3.05) is 36.4 Å². The normalized spacial score (nSPS) is 16.2. The average molecular weight is 353 g/mol. The highest BCUT2D eigenvalue weighted by atomic mass is 16.2. The number of nitrogens with one attached hydrogen (secondary N) is 3. The molecule has 26 heavy (non-hydrogen) atoms. The van der Waals surface area contributed by atoms with E-state index in [1.165, 1.54) is 6.20 Å². The van der Waals surface area contributed by atoms with E-state index in [1.54, 1.807) is 6.20 Å². The van der Waals surface area contributed by atoms with Crippen molar-refractivity contribution in [1.82, 2.24) is 20.6 Å². The van der Waals surface area contributed by atoms with Crippen LogP contribution in [-0.4, -0.2) is 48.0 Å². The summed E-state index contributed by atoms with van der Waals surface area (Å²) in [6.45, 7) is 4.05. The van der Waals surface area contributed by atoms with Crippen LogP contribution in [0.15, 0.2) is 24.5 Å². The summed E-state index contributed by atoms with van der Waals surface area (Å²) in [5, 5.41) is 9.13. The molecule has 0 spiro atoms. The molecule has 2 aliphatic heterocycles. The van der Waals surface area contributed by atoms with Gasteiger partial charge in [0.05, 0.1) is 29.3 Å². The van der Waals surface area contributed by atoms with Gasteiger partial charge in [0.15, 0.2) is 0 Å². The van der Waals surface area contributed by atoms with Crippen LogP contribution >= 0.6 is 0 Å². The molecule has 9 nitrogen and oxygen atoms in total. The first-order valence-electron chi connectivity index (χ1n) is 8.42. The summed E-state index contributed by atoms with van der Waals surface area (Å²) in [7, 11) is 0. The first-order chi connectivity index (χ1) is 12.6. The number of nitrogens with two attached hydrogens (primary N) is 1. The van der Waals surface area contributed by atoms with E-state index in [0.29, 0.717) is 22.6 Å². The molecule has 2 aromatic rings. The fourth-order valence-electron chi connectivity index (χ4n) is 3.26. The zero-order chi connectivity index (χ0) is 18.1. The fraction of sp³-hybridized carbons (Fsp3) is 0.294. The van der Waals surface area contributed by atoms with Crippen molar-refractivity contribution in [1.29, 1.82) is 0 Å². The minimum atomic E-state index is -0.650. The highest BCUT2D eigenvalue weighted by Crippen LogP contribution is 2.28. The van der Waals surface area contributed by atoms with Gasteiger partial charge in [-0.05, 0) is 12.1 Å². The third-order valence-corrected chi connectivity index (χ3v) is 4.56. The summed E-state index contributed by atoms with van der Waals surface area (Å²) in [6.07, 6.45) is 3.24. The Morgan fingerprint density at radius 3 is 2.69 bits per heavy atom. The van der Waals surface area contributed by atoms with Gasteiger partial charge in [-0.15, -0.1) is 0 Å². The Kier molecular flexibility index (Phi) is 4.13. The van der Waals surface area contributed by atoms with Crippen LogP contribution in [0.3, 0.4) is 0 Å². The molecule has 0 radical (unpaired) electrons. The van der Waals surface area contributed by atoms with Crippen molar-refractivity contribution in [3.63, 3.8) is 0 Å². The monoisotopic (exact) mass is 353 g/mol. The van der Waals surface area contributed by atoms with Gasteiger partial charge < -0.3 is 26.6 Å². The Balaban J connectivity index is 1.59. The molecule has 9 heteroatoms. The molecule has 4 rings (SSSR count). The minimum Gasteiger partial charge on any atom is -0.368 e. The predicted octanol–water partition coefficient (Wildman–Crippen LogP) is -0.0279. The second kappa shape index (κ2) is 6.60. The van der Waals surface area contributed by atoms with E-state index in [9.17, 15) is 9.59 Å². The first-order valence-corrected chi connectivity index (χ1v) is 8.42. The molecule has 0 aromatic carbocycles. The topological polar surface area (TPSA) is 125 Å². The maximum Gasteiger partial charge on any atom is 0.267 e. The molecule has 1 fully saturated rings. The highest BCUT2D eigenvalue weighted by Gasteiger charge is 2.28. The van der Waals surface area contributed by atoms with Crippen molar-refractivity contribution < 1.29 is 9.59 Å². The van der Waals surface area contributed by atoms with Crippen LogP contribution in [0.1, 0.15) is 26.4 Å². The van der Waals surface area contributed by atoms with E-state index in [1.807, 2.05) is 12.1 Å². The lowest BCUT2D eigenvalue weighted by atomic mass is 10.1. The smallest absolute Gasteiger partial charge is 0.267 e. The standard InChI is InChI=1S/C17H19N7O2/c18-16(25)15-11-8-22-17(26)14(11)12(9-21-15)23-13-2-1-10(7-20-13)24-5-3-19-4-6-24/h1-2,7,9,19H,3-6,8H2,(H2,18,25)(H,20,23)(H,22,26). The van der Waals surface area contributed by atoms with Gasteiger partial charge in [-0.25, -0.2) is 9.97 Å². The zero-order valence-corrected chi connectivity index (χ0v) is 14.1. The maximum absolute atomic E-state index is 12.1. The minimum absolute atomic E-state index is 0.117. The molecule has 134 valence electrons. The van der Waals surface area contributed by atoms with Crippen LogP contribution in [0.2, 0.25) is 0 Å². The number of primary amides is 1. The van der Waals surface area contributed by atoms with E-state index in [2.05, 4.69) is 30.8 Å². The molecule has 0 aliphatic carbocycles. The molecule has 2 aliphatic rings. The quantitative estimate of drug-likeness (QED) is 0.608. The van der Waals surface area contributed by atoms with Crippen molar-refractivity contribution in [2.45, 2.75) is 6.54 Å². The Labute approximate surface area is 150 Å². The van der Waals surface area contributed by atoms with Crippen LogP contribution in [0.5, 0.6) is 0 Å². The van der Waals surface area contributed by atoms with Gasteiger partial charge in [0.2, 0.25) is 0 Å². The third-order valence-electron chi connectivity index (χ3n) is 4.56. The van der Waals surface area contributed by atoms with Gasteiger partial charge in [-0.1, -0.05) is 0 Å². The van der Waals surface area contributed by atoms with Crippen LogP contribution in [0.4, 0.5) is 17.2 Å². The Hall–Kier alpha value is -3.20. The summed E-state index contributed by atoms with van der Waals surface area (Å²) in [5.41, 5.74) is 7.93. The van der Waals surface area contributed by atoms with Gasteiger partial charge in [0.25, 0.3) is 11.8 Å². The summed E-state index contributed by atoms with van der Waals surface area (Å²) in [6, 6.07) is 3.85. The van der Waals surface area contributed by atoms with Crippen molar-refractivity contribution in [2.24, 2.45) is 5.73 Å². The highest BCUT2D eigenvalue weighted by molar-refractivity contribution is 6.07. The van der Waals surface area contributed by atoms with E-state index >= 15 is 0 Å². The number of fused-ring (bicyclic) bond motifs is 1. The van der Waals surface area contributed by atoms with Gasteiger partial charge in [0.1, 0.15) is 11.5 Å². The summed E-state index contributed by atoms with van der Waals surface area (Å²) in [5.74, 6) is -0.313. The second-order valence-electron chi connectivity index (χ2n) is 6.18. The Bertz CT molecular complexity index is 860. The van der Waals surface area contributed by atoms with Crippen LogP contribution in [0, 0.1) is 0 Å². The molecule has 0 bridgehead atoms. The second-order valence-corrected chi connectivity index (χ2v) is 6.18. The number of nitrogens with zero attached hydrogens (tertiary/aromatic N) is 3. The average Bonchev–Trinajstić information content (AvgIpc) is 3.05. The number of rotatable bonds is 4. The number of anilines is 3. The molecule has 1 saturated heterocycles. The first kappa shape index (κ1) is 16.3. The van der Waals surface area contributed by atoms with Crippen LogP contribution in [-0.2, 0) is 6.54 Å². The van der Waals surface area contributed by atoms with Crippen LogP contribution < -0.4 is 26.6 Å². The molecule has 0 saturated carbocycles. The van der Waals surface area contributed by atoms with E-state index in [4.69, 9.17) is 5.73 Å². The van der Waals surface area contributed by atoms with Gasteiger partial charge >= 0.3 is 0 Å². The predicted molar refractivity (Wildman–Crippen MR) is 96.5 cm³/mol. The van der Waals surface area contributed by atoms with Crippen molar-refractivity contribution >= 4 is 29.0 Å². The molecule has 5 N–H and O–H groups in total. The van der Waals surface area contributed by atoms with Gasteiger partial charge in [-0.3, -0.25) is 9.59 Å². The Morgan fingerprint density at radius 1 is 1.19 bits per heavy atom. The van der Waals surface area contributed by atoms with E-state index in [0.717, 1.165) is 31.9 Å². The fourth-order valence-corrected chi connectivity index (χ4v) is 3.26. The summed E-state index contributed by atoms with van der Waals surface area (Å²) < 4.78 is 0. The van der Waals surface area contributed by atoms with Gasteiger partial charge in [-0.2, -0.15) is 0 Å². The summed E-state index contributed by atoms with van der Waals surface area (Å²) in [4.78, 5) is 34.4. The molecular weight excluding hydrogens is 334 g/mol. The molecule has 0 unspecified atom stereocenters. The SMILES string of the molecule is NC(=O)c1ncc(Nc2ccc(N3CCNCC3)cn2)c2c1CNC2=O. The number of pyridine rings is 2. The molecule has 2 aromatic heterocycles. The van der Waals surface area contributed by atoms with E-state index in [-0.39, 0.29) is 18.1 Å². The van der Waals surface area contributed by atoms with Crippen molar-refractivity contribution in [3.05, 3.63) is 41.3 Å². The molecule has 4 heterocycles. The summed E-state index contributed by atoms with van der Waals surface area (Å²) >= 11 is 0. The number of carbonyl (C=O) groups is 2. The van der Waals surface area contributed by atoms with E-state index < -0.39 is 5.91 Å². The molecular formula is C17H19N7O2. The number of amides is 2. The number of hydrogen-bond donors (Lipinski definition) is 4. The largest absolute Gasteiger partial charge is 0.368 e. The van der Waals surface area contributed by atoms with Crippen LogP contribution in [0.25, 0.3) is 0 Å². The number of hydrogen-bond acceptors (Lipinski definition) is 7. The lowest BCUT2D eigenvalue weighted by Crippen LogP contribution is -2.43. The zero-order valence-electron chi connectivity index (χ0n) is 14.1. The number of carbonyl (C=O) groups excluding carboxylic acids is 2. The maximum atomic E-state index is 12.1. The number of aromatic nitrogens is 2. The Morgan fingerprint density at radius 2 is 2.00 bits per heavy atom. The third kappa shape index (κ3) is 2.93. The number of piperazine rings is 1. The lowest BCUT2D eigenvalue weighted by molar-refractivity contribution is 0.0964. The van der Waals surface area contributed by atoms with Crippen molar-refractivity contribution in [3.8, 4) is 0 Å². The van der Waals surface area contributed by atoms with Gasteiger partial charge in [0, 0.05) is 38.3 Å². The molecule has 2 amide bonds. The lowest BCUT2D eigenvalue weighted by Gasteiger charge is -2.29. The molecule has 0 atom stereocenters.